The molecule has 0 saturated heterocycles. The third-order valence-electron chi connectivity index (χ3n) is 21.8. The van der Waals surface area contributed by atoms with Crippen molar-refractivity contribution in [2.24, 2.45) is 0 Å². The summed E-state index contributed by atoms with van der Waals surface area (Å²) in [7, 11) is -9.82. The van der Waals surface area contributed by atoms with Crippen molar-refractivity contribution in [2.75, 3.05) is 39.6 Å². The number of ether oxygens (including phenoxy) is 3. The fourth-order valence-electron chi connectivity index (χ4n) is 14.0. The number of esters is 3. The lowest BCUT2D eigenvalue weighted by atomic mass is 10.0. The van der Waals surface area contributed by atoms with Gasteiger partial charge in [0.15, 0.2) is 6.10 Å². The molecule has 5 unspecified atom stereocenters. The summed E-state index contributed by atoms with van der Waals surface area (Å²) in [5.41, 5.74) is 0. The molecule has 129 heavy (non-hydrogen) atoms. The van der Waals surface area contributed by atoms with Gasteiger partial charge in [-0.3, -0.25) is 32.5 Å². The van der Waals surface area contributed by atoms with E-state index in [0.29, 0.717) is 19.3 Å². The van der Waals surface area contributed by atoms with Crippen molar-refractivity contribution in [3.63, 3.8) is 0 Å². The Hall–Kier alpha value is -5.61. The molecule has 0 heterocycles. The second-order valence-corrected chi connectivity index (χ2v) is 37.1. The lowest BCUT2D eigenvalue weighted by Crippen LogP contribution is -2.30. The van der Waals surface area contributed by atoms with Gasteiger partial charge in [0.2, 0.25) is 0 Å². The molecule has 16 nitrogen and oxygen atoms in total. The lowest BCUT2D eigenvalue weighted by Gasteiger charge is -2.21. The number of hydrogen-bond acceptors (Lipinski definition) is 14. The molecular formula is C111H188O16P2. The summed E-state index contributed by atoms with van der Waals surface area (Å²) >= 11 is 0. The smallest absolute Gasteiger partial charge is 0.463 e. The largest absolute Gasteiger partial charge is 0.472 e. The molecule has 0 fully saturated rings. The Balaban J connectivity index is 4.62. The van der Waals surface area contributed by atoms with E-state index in [1.807, 2.05) is 0 Å². The third kappa shape index (κ3) is 103. The van der Waals surface area contributed by atoms with Crippen LogP contribution < -0.4 is 0 Å². The SMILES string of the molecule is CC/C=C\C/C=C\C/C=C\C/C=C\C/C=C\C/C=C\CCCCCCCCCCCCCCCCC(=O)OCC(O)COP(=O)(O)OCC(O)COP(=O)(O)OCC(COC(=O)CCCCCCCCCCCCCCCC/C=C\C/C=C\C/C=C\C/C=C\C/C=C\C/C=C\CC)OC(=O)CCCCCCCCCCCCC/C=C\C/C=C\C/C=C\C/C=C\CCCCC. The van der Waals surface area contributed by atoms with Gasteiger partial charge in [-0.05, 0) is 167 Å². The number of carbonyl (C=O) groups is 3. The highest BCUT2D eigenvalue weighted by Crippen LogP contribution is 2.45. The van der Waals surface area contributed by atoms with Crippen molar-refractivity contribution in [2.45, 2.75) is 450 Å². The lowest BCUT2D eigenvalue weighted by molar-refractivity contribution is -0.161. The summed E-state index contributed by atoms with van der Waals surface area (Å²) < 4.78 is 61.7. The monoisotopic (exact) mass is 1840 g/mol. The maximum absolute atomic E-state index is 13.1. The van der Waals surface area contributed by atoms with Gasteiger partial charge < -0.3 is 34.2 Å². The normalized spacial score (nSPS) is 14.4. The standard InChI is InChI=1S/C111H188O16P2/c1-4-7-10-13-16-19-22-25-28-31-34-37-40-43-46-48-50-52-54-56-59-61-64-67-70-73-76-79-82-85-88-91-94-97-109(114)121-100-106(112)101-123-128(117,118)124-102-107(113)103-125-129(119,120)126-105-108(127-111(116)99-96-93-90-87-84-81-78-75-72-69-66-63-58-45-42-39-36-33-30-27-24-21-18-15-12-9-6-3)104-122-110(115)98-95-92-89-86-83-80-77-74-71-68-65-62-60-57-55-53-51-49-47-44-41-38-35-32-29-26-23-20-17-14-11-8-5-2/h7-8,10-11,16-21,25-30,34-39,43-47,50-53,58,106-108,112-113H,4-6,9,12-15,22-24,31-33,40-42,48-49,54-57,59-105H2,1-3H3,(H,117,118)(H,119,120)/b10-7-,11-8-,19-16-,20-17-,21-18-,28-25-,29-26-,30-27-,37-34-,38-35-,39-36-,46-43-,47-44-,52-50-,53-51-,58-45-. The Morgan fingerprint density at radius 1 is 0.225 bits per heavy atom. The van der Waals surface area contributed by atoms with Crippen molar-refractivity contribution in [3.05, 3.63) is 194 Å². The molecule has 0 saturated carbocycles. The Morgan fingerprint density at radius 3 is 0.651 bits per heavy atom. The summed E-state index contributed by atoms with van der Waals surface area (Å²) in [6.07, 6.45) is 136. The first-order chi connectivity index (χ1) is 63.2. The highest BCUT2D eigenvalue weighted by molar-refractivity contribution is 7.47. The zero-order valence-electron chi connectivity index (χ0n) is 81.8. The molecule has 0 spiro atoms. The molecule has 4 N–H and O–H groups in total. The first-order valence-corrected chi connectivity index (χ1v) is 54.7. The van der Waals surface area contributed by atoms with Gasteiger partial charge in [-0.25, -0.2) is 9.13 Å². The van der Waals surface area contributed by atoms with E-state index in [9.17, 15) is 43.5 Å². The molecule has 0 bridgehead atoms. The van der Waals surface area contributed by atoms with Gasteiger partial charge in [0.05, 0.1) is 26.4 Å². The van der Waals surface area contributed by atoms with Crippen LogP contribution in [0.2, 0.25) is 0 Å². The second kappa shape index (κ2) is 101. The van der Waals surface area contributed by atoms with E-state index >= 15 is 0 Å². The number of rotatable bonds is 97. The van der Waals surface area contributed by atoms with Gasteiger partial charge in [-0.1, -0.05) is 440 Å². The van der Waals surface area contributed by atoms with Gasteiger partial charge >= 0.3 is 33.6 Å². The van der Waals surface area contributed by atoms with Crippen molar-refractivity contribution >= 4 is 33.6 Å². The zero-order chi connectivity index (χ0) is 93.5. The Bertz CT molecular complexity index is 3130. The number of hydrogen-bond donors (Lipinski definition) is 4. The van der Waals surface area contributed by atoms with Crippen molar-refractivity contribution in [1.82, 2.24) is 0 Å². The van der Waals surface area contributed by atoms with Crippen LogP contribution in [-0.2, 0) is 55.8 Å². The van der Waals surface area contributed by atoms with Crippen molar-refractivity contribution in [3.8, 4) is 0 Å². The first kappa shape index (κ1) is 123. The average Bonchev–Trinajstić information content (AvgIpc) is 0.894. The number of phosphoric acid groups is 2. The molecule has 0 aromatic heterocycles. The fraction of sp³-hybridized carbons (Fsp3) is 0.685. The summed E-state index contributed by atoms with van der Waals surface area (Å²) in [4.78, 5) is 59.2. The highest BCUT2D eigenvalue weighted by Gasteiger charge is 2.30. The quantitative estimate of drug-likeness (QED) is 0.0146. The molecule has 0 aliphatic rings. The number of phosphoric ester groups is 2. The Morgan fingerprint density at radius 2 is 0.411 bits per heavy atom. The van der Waals surface area contributed by atoms with Crippen LogP contribution in [0, 0.1) is 0 Å². The summed E-state index contributed by atoms with van der Waals surface area (Å²) in [5, 5.41) is 20.8. The summed E-state index contributed by atoms with van der Waals surface area (Å²) in [6, 6.07) is 0. The van der Waals surface area contributed by atoms with E-state index in [1.54, 1.807) is 0 Å². The second-order valence-electron chi connectivity index (χ2n) is 34.2. The number of allylic oxidation sites excluding steroid dienone is 32. The van der Waals surface area contributed by atoms with Crippen LogP contribution in [0.3, 0.4) is 0 Å². The van der Waals surface area contributed by atoms with E-state index in [2.05, 4.69) is 215 Å². The average molecular weight is 1840 g/mol. The molecule has 0 aliphatic heterocycles. The molecule has 738 valence electrons. The molecule has 0 aromatic carbocycles. The number of aliphatic hydroxyl groups excluding tert-OH is 2. The number of aliphatic hydroxyl groups is 2. The van der Waals surface area contributed by atoms with Crippen LogP contribution in [0.25, 0.3) is 0 Å². The molecule has 0 rings (SSSR count). The van der Waals surface area contributed by atoms with E-state index in [1.165, 1.54) is 186 Å². The van der Waals surface area contributed by atoms with Crippen molar-refractivity contribution < 1.29 is 75.8 Å². The molecule has 5 atom stereocenters. The van der Waals surface area contributed by atoms with E-state index < -0.39 is 91.5 Å². The highest BCUT2D eigenvalue weighted by atomic mass is 31.2. The molecule has 0 aromatic rings. The summed E-state index contributed by atoms with van der Waals surface area (Å²) in [5.74, 6) is -1.57. The maximum atomic E-state index is 13.1. The number of unbranched alkanes of at least 4 members (excludes halogenated alkanes) is 42. The fourth-order valence-corrected chi connectivity index (χ4v) is 15.6. The van der Waals surface area contributed by atoms with E-state index in [0.717, 1.165) is 186 Å². The predicted molar refractivity (Wildman–Crippen MR) is 546 cm³/mol. The van der Waals surface area contributed by atoms with Crippen molar-refractivity contribution in [1.29, 1.82) is 0 Å². The van der Waals surface area contributed by atoms with Crippen LogP contribution in [0.1, 0.15) is 432 Å². The third-order valence-corrected chi connectivity index (χ3v) is 23.7. The van der Waals surface area contributed by atoms with E-state index in [-0.39, 0.29) is 19.3 Å². The van der Waals surface area contributed by atoms with Crippen LogP contribution in [0.4, 0.5) is 0 Å². The minimum absolute atomic E-state index is 0.0969. The van der Waals surface area contributed by atoms with Crippen LogP contribution in [0.5, 0.6) is 0 Å². The minimum Gasteiger partial charge on any atom is -0.463 e. The van der Waals surface area contributed by atoms with E-state index in [4.69, 9.17) is 32.3 Å². The zero-order valence-corrected chi connectivity index (χ0v) is 83.6. The van der Waals surface area contributed by atoms with Gasteiger partial charge in [-0.15, -0.1) is 0 Å². The Labute approximate surface area is 788 Å². The topological polar surface area (TPSA) is 231 Å². The van der Waals surface area contributed by atoms with Gasteiger partial charge in [0.1, 0.15) is 25.4 Å². The summed E-state index contributed by atoms with van der Waals surface area (Å²) in [6.45, 7) is 2.49. The van der Waals surface area contributed by atoms with Crippen LogP contribution in [-0.4, -0.2) is 95.9 Å². The van der Waals surface area contributed by atoms with Gasteiger partial charge in [-0.2, -0.15) is 0 Å². The molecule has 18 heteroatoms. The van der Waals surface area contributed by atoms with Gasteiger partial charge in [0, 0.05) is 19.3 Å². The predicted octanol–water partition coefficient (Wildman–Crippen LogP) is 32.9. The van der Waals surface area contributed by atoms with Crippen LogP contribution >= 0.6 is 15.6 Å². The van der Waals surface area contributed by atoms with Crippen LogP contribution in [0.15, 0.2) is 194 Å². The molecule has 0 amide bonds. The molecule has 0 aliphatic carbocycles. The minimum atomic E-state index is -4.95. The Kier molecular flexibility index (Phi) is 97.0. The van der Waals surface area contributed by atoms with Gasteiger partial charge in [0.25, 0.3) is 0 Å². The first-order valence-electron chi connectivity index (χ1n) is 51.7. The molecular weight excluding hydrogens is 1650 g/mol. The number of carbonyl (C=O) groups excluding carboxylic acids is 3. The maximum Gasteiger partial charge on any atom is 0.472 e. The molecule has 0 radical (unpaired) electrons.